The van der Waals surface area contributed by atoms with Crippen molar-refractivity contribution in [2.45, 2.75) is 11.8 Å². The number of rotatable bonds is 7. The first-order chi connectivity index (χ1) is 15.5. The van der Waals surface area contributed by atoms with Gasteiger partial charge in [-0.05, 0) is 23.6 Å². The predicted molar refractivity (Wildman–Crippen MR) is 119 cm³/mol. The number of carbonyl (C=O) groups excluding carboxylic acids is 1. The van der Waals surface area contributed by atoms with E-state index in [4.69, 9.17) is 4.74 Å². The van der Waals surface area contributed by atoms with Gasteiger partial charge in [0.1, 0.15) is 0 Å². The van der Waals surface area contributed by atoms with Gasteiger partial charge in [-0.1, -0.05) is 60.7 Å². The minimum Gasteiger partial charge on any atom is -0.500 e. The maximum Gasteiger partial charge on any atom is 0.315 e. The molecule has 1 aliphatic carbocycles. The van der Waals surface area contributed by atoms with Crippen molar-refractivity contribution >= 4 is 17.8 Å². The molecular weight excluding hydrogens is 410 g/mol. The molecule has 0 aliphatic heterocycles. The molecule has 3 aromatic carbocycles. The Morgan fingerprint density at radius 1 is 1.16 bits per heavy atom. The minimum atomic E-state index is -0.716. The molecule has 1 aliphatic rings. The van der Waals surface area contributed by atoms with Crippen LogP contribution in [0.1, 0.15) is 23.1 Å². The lowest BCUT2D eigenvalue weighted by atomic mass is 9.85. The highest BCUT2D eigenvalue weighted by atomic mass is 16.6. The second-order valence-corrected chi connectivity index (χ2v) is 7.54. The van der Waals surface area contributed by atoms with Crippen molar-refractivity contribution in [1.82, 2.24) is 5.43 Å². The van der Waals surface area contributed by atoms with Crippen LogP contribution in [0.5, 0.6) is 11.5 Å². The number of methoxy groups -OCH3 is 1. The van der Waals surface area contributed by atoms with Crippen LogP contribution in [-0.4, -0.2) is 29.3 Å². The number of nitrogens with zero attached hydrogens (tertiary/aromatic N) is 2. The summed E-state index contributed by atoms with van der Waals surface area (Å²) in [5, 5.41) is 25.0. The van der Waals surface area contributed by atoms with Gasteiger partial charge in [-0.2, -0.15) is 5.10 Å². The van der Waals surface area contributed by atoms with Crippen molar-refractivity contribution in [3.8, 4) is 11.5 Å². The molecule has 0 heterocycles. The zero-order valence-corrected chi connectivity index (χ0v) is 17.3. The van der Waals surface area contributed by atoms with Crippen LogP contribution in [0, 0.1) is 16.0 Å². The molecule has 1 atom stereocenters. The van der Waals surface area contributed by atoms with Crippen molar-refractivity contribution in [1.29, 1.82) is 0 Å². The van der Waals surface area contributed by atoms with Crippen LogP contribution in [0.25, 0.3) is 0 Å². The Hall–Kier alpha value is -4.20. The fraction of sp³-hybridized carbons (Fsp3) is 0.167. The van der Waals surface area contributed by atoms with Crippen molar-refractivity contribution in [2.75, 3.05) is 7.11 Å². The van der Waals surface area contributed by atoms with Crippen LogP contribution >= 0.6 is 0 Å². The number of aromatic hydroxyl groups is 1. The molecule has 162 valence electrons. The van der Waals surface area contributed by atoms with Gasteiger partial charge in [0, 0.05) is 17.0 Å². The summed E-state index contributed by atoms with van der Waals surface area (Å²) in [5.41, 5.74) is 4.06. The van der Waals surface area contributed by atoms with Crippen molar-refractivity contribution in [2.24, 2.45) is 11.0 Å². The maximum atomic E-state index is 12.9. The molecule has 1 amide bonds. The van der Waals surface area contributed by atoms with E-state index in [1.165, 1.54) is 19.4 Å². The van der Waals surface area contributed by atoms with E-state index in [9.17, 15) is 20.0 Å². The second-order valence-electron chi connectivity index (χ2n) is 7.54. The SMILES string of the molecule is COc1cc(/C=N/NC(=O)C2CC2(c2ccccc2)c2ccccc2)cc([N+](=O)[O-])c1O. The smallest absolute Gasteiger partial charge is 0.315 e. The van der Waals surface area contributed by atoms with Gasteiger partial charge in [0.25, 0.3) is 0 Å². The largest absolute Gasteiger partial charge is 0.500 e. The topological polar surface area (TPSA) is 114 Å². The van der Waals surface area contributed by atoms with Crippen molar-refractivity contribution in [3.05, 3.63) is 99.6 Å². The number of nitro groups is 1. The highest BCUT2D eigenvalue weighted by Crippen LogP contribution is 2.58. The third-order valence-electron chi connectivity index (χ3n) is 5.74. The molecule has 8 heteroatoms. The number of hydrogen-bond acceptors (Lipinski definition) is 6. The van der Waals surface area contributed by atoms with E-state index >= 15 is 0 Å². The summed E-state index contributed by atoms with van der Waals surface area (Å²) < 4.78 is 4.97. The summed E-state index contributed by atoms with van der Waals surface area (Å²) in [6.07, 6.45) is 1.93. The number of ether oxygens (including phenoxy) is 1. The van der Waals surface area contributed by atoms with E-state index in [1.54, 1.807) is 0 Å². The van der Waals surface area contributed by atoms with Gasteiger partial charge in [-0.25, -0.2) is 5.43 Å². The maximum absolute atomic E-state index is 12.9. The zero-order valence-electron chi connectivity index (χ0n) is 17.3. The Bertz CT molecular complexity index is 1140. The number of nitro benzene ring substituents is 1. The van der Waals surface area contributed by atoms with Crippen LogP contribution in [0.4, 0.5) is 5.69 Å². The van der Waals surface area contributed by atoms with E-state index in [0.717, 1.165) is 17.2 Å². The van der Waals surface area contributed by atoms with E-state index in [2.05, 4.69) is 10.5 Å². The molecule has 0 bridgehead atoms. The molecule has 3 aromatic rings. The number of carbonyl (C=O) groups is 1. The lowest BCUT2D eigenvalue weighted by Crippen LogP contribution is -2.25. The van der Waals surface area contributed by atoms with Crippen LogP contribution in [0.3, 0.4) is 0 Å². The number of benzene rings is 3. The molecule has 2 N–H and O–H groups in total. The van der Waals surface area contributed by atoms with Gasteiger partial charge < -0.3 is 9.84 Å². The van der Waals surface area contributed by atoms with E-state index in [1.807, 2.05) is 60.7 Å². The quantitative estimate of drug-likeness (QED) is 0.336. The summed E-state index contributed by atoms with van der Waals surface area (Å²) >= 11 is 0. The average molecular weight is 431 g/mol. The highest BCUT2D eigenvalue weighted by Gasteiger charge is 2.60. The third-order valence-corrected chi connectivity index (χ3v) is 5.74. The van der Waals surface area contributed by atoms with Gasteiger partial charge in [-0.15, -0.1) is 0 Å². The van der Waals surface area contributed by atoms with Gasteiger partial charge in [0.15, 0.2) is 5.75 Å². The van der Waals surface area contributed by atoms with Crippen LogP contribution in [0.15, 0.2) is 77.9 Å². The van der Waals surface area contributed by atoms with Gasteiger partial charge in [0.05, 0.1) is 24.2 Å². The molecule has 0 radical (unpaired) electrons. The molecule has 0 aromatic heterocycles. The molecule has 4 rings (SSSR count). The standard InChI is InChI=1S/C24H21N3O5/c1-32-21-13-16(12-20(22(21)28)27(30)31)15-25-26-23(29)19-14-24(19,17-8-4-2-5-9-17)18-10-6-3-7-11-18/h2-13,15,19,28H,14H2,1H3,(H,26,29)/b25-15+. The van der Waals surface area contributed by atoms with E-state index in [0.29, 0.717) is 12.0 Å². The third kappa shape index (κ3) is 3.78. The zero-order chi connectivity index (χ0) is 22.7. The number of amides is 1. The van der Waals surface area contributed by atoms with E-state index < -0.39 is 21.8 Å². The van der Waals surface area contributed by atoms with Crippen LogP contribution in [0.2, 0.25) is 0 Å². The molecular formula is C24H21N3O5. The Labute approximate surface area is 184 Å². The molecule has 8 nitrogen and oxygen atoms in total. The Balaban J connectivity index is 1.55. The molecule has 1 unspecified atom stereocenters. The fourth-order valence-corrected chi connectivity index (χ4v) is 4.09. The molecule has 0 saturated heterocycles. The summed E-state index contributed by atoms with van der Waals surface area (Å²) in [5.74, 6) is -1.16. The highest BCUT2D eigenvalue weighted by molar-refractivity contribution is 5.88. The van der Waals surface area contributed by atoms with Crippen LogP contribution < -0.4 is 10.2 Å². The molecule has 0 spiro atoms. The Morgan fingerprint density at radius 3 is 2.28 bits per heavy atom. The van der Waals surface area contributed by atoms with Gasteiger partial charge >= 0.3 is 5.69 Å². The summed E-state index contributed by atoms with van der Waals surface area (Å²) in [6, 6.07) is 22.3. The van der Waals surface area contributed by atoms with E-state index in [-0.39, 0.29) is 17.6 Å². The number of nitrogens with one attached hydrogen (secondary N) is 1. The fourth-order valence-electron chi connectivity index (χ4n) is 4.09. The lowest BCUT2D eigenvalue weighted by Gasteiger charge is -2.18. The Kier molecular flexibility index (Phi) is 5.59. The van der Waals surface area contributed by atoms with Crippen molar-refractivity contribution in [3.63, 3.8) is 0 Å². The Morgan fingerprint density at radius 2 is 1.75 bits per heavy atom. The molecule has 1 saturated carbocycles. The second kappa shape index (κ2) is 8.50. The lowest BCUT2D eigenvalue weighted by molar-refractivity contribution is -0.386. The summed E-state index contributed by atoms with van der Waals surface area (Å²) in [6.45, 7) is 0. The number of hydrogen-bond donors (Lipinski definition) is 2. The first-order valence-corrected chi connectivity index (χ1v) is 9.96. The number of hydrazone groups is 1. The molecule has 1 fully saturated rings. The van der Waals surface area contributed by atoms with Gasteiger partial charge in [-0.3, -0.25) is 14.9 Å². The number of phenolic OH excluding ortho intramolecular Hbond substituents is 1. The first-order valence-electron chi connectivity index (χ1n) is 9.96. The van der Waals surface area contributed by atoms with Crippen LogP contribution in [-0.2, 0) is 10.2 Å². The minimum absolute atomic E-state index is 0.0543. The predicted octanol–water partition coefficient (Wildman–Crippen LogP) is 3.77. The normalized spacial score (nSPS) is 16.5. The summed E-state index contributed by atoms with van der Waals surface area (Å²) in [4.78, 5) is 23.3. The molecule has 32 heavy (non-hydrogen) atoms. The average Bonchev–Trinajstić information content (AvgIpc) is 3.58. The van der Waals surface area contributed by atoms with Gasteiger partial charge in [0.2, 0.25) is 11.7 Å². The van der Waals surface area contributed by atoms with Crippen molar-refractivity contribution < 1.29 is 19.6 Å². The first kappa shape index (κ1) is 21.0. The number of phenols is 1. The summed E-state index contributed by atoms with van der Waals surface area (Å²) in [7, 11) is 1.29. The monoisotopic (exact) mass is 431 g/mol.